The van der Waals surface area contributed by atoms with Crippen molar-refractivity contribution in [3.05, 3.63) is 72.3 Å². The molecule has 0 radical (unpaired) electrons. The lowest BCUT2D eigenvalue weighted by Crippen LogP contribution is -2.57. The lowest BCUT2D eigenvalue weighted by atomic mass is 9.88. The van der Waals surface area contributed by atoms with E-state index < -0.39 is 35.6 Å². The highest BCUT2D eigenvalue weighted by atomic mass is 32.1. The molecule has 0 saturated heterocycles. The minimum absolute atomic E-state index is 0.0142. The highest BCUT2D eigenvalue weighted by Crippen LogP contribution is 2.35. The van der Waals surface area contributed by atoms with E-state index in [1.54, 1.807) is 32.9 Å². The fourth-order valence-electron chi connectivity index (χ4n) is 4.61. The van der Waals surface area contributed by atoms with E-state index >= 15 is 0 Å². The molecule has 3 amide bonds. The Labute approximate surface area is 234 Å². The highest BCUT2D eigenvalue weighted by molar-refractivity contribution is 7.80. The number of aromatic hydroxyl groups is 1. The smallest absolute Gasteiger partial charge is 0.408 e. The van der Waals surface area contributed by atoms with Crippen LogP contribution in [0.5, 0.6) is 5.75 Å². The van der Waals surface area contributed by atoms with Gasteiger partial charge in [-0.1, -0.05) is 42.5 Å². The van der Waals surface area contributed by atoms with Crippen molar-refractivity contribution in [1.29, 1.82) is 0 Å². The van der Waals surface area contributed by atoms with Gasteiger partial charge in [0.25, 0.3) is 5.91 Å². The van der Waals surface area contributed by atoms with E-state index in [1.165, 1.54) is 17.0 Å². The first kappa shape index (κ1) is 28.3. The Hall–Kier alpha value is -3.72. The molecule has 2 atom stereocenters. The molecular formula is C30H35N3O5S. The van der Waals surface area contributed by atoms with Crippen LogP contribution in [0.1, 0.15) is 51.6 Å². The van der Waals surface area contributed by atoms with E-state index in [0.29, 0.717) is 11.3 Å². The number of alkyl carbamates (subject to hydrolysis) is 1. The number of phenols is 1. The normalized spacial score (nSPS) is 15.1. The van der Waals surface area contributed by atoms with Crippen LogP contribution in [0.4, 0.5) is 10.5 Å². The summed E-state index contributed by atoms with van der Waals surface area (Å²) in [6.45, 7) is 5.21. The van der Waals surface area contributed by atoms with Crippen LogP contribution in [0.25, 0.3) is 10.8 Å². The van der Waals surface area contributed by atoms with Crippen molar-refractivity contribution in [2.45, 2.75) is 63.8 Å². The number of amides is 3. The molecule has 0 aliphatic heterocycles. The number of hydrogen-bond donors (Lipinski definition) is 4. The summed E-state index contributed by atoms with van der Waals surface area (Å²) < 4.78 is 5.36. The topological polar surface area (TPSA) is 108 Å². The number of fused-ring (bicyclic) bond motifs is 1. The van der Waals surface area contributed by atoms with Gasteiger partial charge in [-0.2, -0.15) is 12.6 Å². The third kappa shape index (κ3) is 7.03. The second kappa shape index (κ2) is 12.0. The molecule has 0 aromatic heterocycles. The van der Waals surface area contributed by atoms with Crippen LogP contribution in [0, 0.1) is 0 Å². The molecule has 9 heteroatoms. The lowest BCUT2D eigenvalue weighted by Gasteiger charge is -2.43. The Morgan fingerprint density at radius 3 is 2.36 bits per heavy atom. The Kier molecular flexibility index (Phi) is 8.70. The molecule has 0 heterocycles. The fourth-order valence-corrected chi connectivity index (χ4v) is 4.86. The maximum absolute atomic E-state index is 14.0. The molecule has 2 unspecified atom stereocenters. The van der Waals surface area contributed by atoms with Crippen molar-refractivity contribution < 1.29 is 24.2 Å². The van der Waals surface area contributed by atoms with Crippen LogP contribution in [0.2, 0.25) is 0 Å². The number of nitrogens with zero attached hydrogens (tertiary/aromatic N) is 1. The Morgan fingerprint density at radius 2 is 1.74 bits per heavy atom. The van der Waals surface area contributed by atoms with Gasteiger partial charge >= 0.3 is 6.09 Å². The maximum Gasteiger partial charge on any atom is 0.408 e. The van der Waals surface area contributed by atoms with Crippen molar-refractivity contribution in [3.8, 4) is 5.75 Å². The summed E-state index contributed by atoms with van der Waals surface area (Å²) in [7, 11) is 0. The van der Waals surface area contributed by atoms with Crippen molar-refractivity contribution in [2.75, 3.05) is 11.1 Å². The number of hydrogen-bond acceptors (Lipinski definition) is 6. The van der Waals surface area contributed by atoms with Crippen LogP contribution in [-0.2, 0) is 14.3 Å². The predicted molar refractivity (Wildman–Crippen MR) is 155 cm³/mol. The Balaban J connectivity index is 1.68. The minimum atomic E-state index is -1.05. The van der Waals surface area contributed by atoms with Crippen molar-refractivity contribution in [1.82, 2.24) is 10.2 Å². The van der Waals surface area contributed by atoms with Crippen LogP contribution in [-0.4, -0.2) is 51.4 Å². The van der Waals surface area contributed by atoms with Gasteiger partial charge in [-0.25, -0.2) is 4.79 Å². The molecule has 3 aromatic rings. The first-order chi connectivity index (χ1) is 18.6. The summed E-state index contributed by atoms with van der Waals surface area (Å²) in [5.41, 5.74) is 0.303. The Bertz CT molecular complexity index is 1350. The summed E-state index contributed by atoms with van der Waals surface area (Å²) in [5.74, 6) is -0.871. The van der Waals surface area contributed by atoms with Gasteiger partial charge in [-0.15, -0.1) is 0 Å². The van der Waals surface area contributed by atoms with Crippen LogP contribution < -0.4 is 10.6 Å². The number of rotatable bonds is 8. The number of benzene rings is 3. The molecular weight excluding hydrogens is 514 g/mol. The molecule has 8 nitrogen and oxygen atoms in total. The van der Waals surface area contributed by atoms with Gasteiger partial charge in [-0.05, 0) is 80.6 Å². The zero-order chi connectivity index (χ0) is 28.2. The SMILES string of the molecule is CC(C)(C)OC(=O)NC(CS)C(=O)N(C1CCC1)C(C(=O)Nc1ccc2ccccc2c1)c1cccc(O)c1. The quantitative estimate of drug-likeness (QED) is 0.280. The Morgan fingerprint density at radius 1 is 1.03 bits per heavy atom. The molecule has 206 valence electrons. The first-order valence-electron chi connectivity index (χ1n) is 13.1. The molecule has 3 aromatic carbocycles. The summed E-state index contributed by atoms with van der Waals surface area (Å²) in [6, 6.07) is 17.5. The second-order valence-corrected chi connectivity index (χ2v) is 11.1. The minimum Gasteiger partial charge on any atom is -0.508 e. The number of thiol groups is 1. The van der Waals surface area contributed by atoms with Gasteiger partial charge in [0.15, 0.2) is 0 Å². The average molecular weight is 550 g/mol. The molecule has 1 saturated carbocycles. The summed E-state index contributed by atoms with van der Waals surface area (Å²) in [5, 5.41) is 17.8. The standard InChI is InChI=1S/C30H35N3O5S/c1-30(2,3)38-29(37)32-25(18-39)28(36)33(23-11-7-12-23)26(21-10-6-13-24(34)17-21)27(35)31-22-15-14-19-8-4-5-9-20(19)16-22/h4-6,8-10,13-17,23,25-26,34,39H,7,11-12,18H2,1-3H3,(H,31,35)(H,32,37). The first-order valence-corrected chi connectivity index (χ1v) is 13.7. The molecule has 1 aliphatic carbocycles. The molecule has 3 N–H and O–H groups in total. The second-order valence-electron chi connectivity index (χ2n) is 10.8. The largest absolute Gasteiger partial charge is 0.508 e. The van der Waals surface area contributed by atoms with Gasteiger partial charge in [-0.3, -0.25) is 9.59 Å². The van der Waals surface area contributed by atoms with Gasteiger partial charge in [0.1, 0.15) is 23.4 Å². The van der Waals surface area contributed by atoms with Crippen molar-refractivity contribution in [2.24, 2.45) is 0 Å². The molecule has 0 bridgehead atoms. The molecule has 0 spiro atoms. The maximum atomic E-state index is 14.0. The average Bonchev–Trinajstić information content (AvgIpc) is 2.84. The van der Waals surface area contributed by atoms with Crippen molar-refractivity contribution >= 4 is 47.0 Å². The fraction of sp³-hybridized carbons (Fsp3) is 0.367. The van der Waals surface area contributed by atoms with Gasteiger partial charge in [0.2, 0.25) is 5.91 Å². The number of ether oxygens (including phenoxy) is 1. The van der Waals surface area contributed by atoms with Crippen molar-refractivity contribution in [3.63, 3.8) is 0 Å². The number of carbonyl (C=O) groups excluding carboxylic acids is 3. The van der Waals surface area contributed by atoms with Crippen LogP contribution in [0.15, 0.2) is 66.7 Å². The lowest BCUT2D eigenvalue weighted by molar-refractivity contribution is -0.145. The van der Waals surface area contributed by atoms with Crippen LogP contribution in [0.3, 0.4) is 0 Å². The third-order valence-electron chi connectivity index (χ3n) is 6.62. The van der Waals surface area contributed by atoms with E-state index in [0.717, 1.165) is 30.0 Å². The van der Waals surface area contributed by atoms with Gasteiger partial charge in [0.05, 0.1) is 0 Å². The zero-order valence-electron chi connectivity index (χ0n) is 22.4. The summed E-state index contributed by atoms with van der Waals surface area (Å²) in [6.07, 6.45) is 1.61. The van der Waals surface area contributed by atoms with E-state index in [-0.39, 0.29) is 17.5 Å². The molecule has 1 fully saturated rings. The van der Waals surface area contributed by atoms with E-state index in [9.17, 15) is 19.5 Å². The van der Waals surface area contributed by atoms with E-state index in [4.69, 9.17) is 4.74 Å². The predicted octanol–water partition coefficient (Wildman–Crippen LogP) is 5.43. The van der Waals surface area contributed by atoms with E-state index in [2.05, 4.69) is 23.3 Å². The number of nitrogens with one attached hydrogen (secondary N) is 2. The number of phenolic OH excluding ortho intramolecular Hbond substituents is 1. The zero-order valence-corrected chi connectivity index (χ0v) is 23.3. The monoisotopic (exact) mass is 549 g/mol. The summed E-state index contributed by atoms with van der Waals surface area (Å²) >= 11 is 4.33. The van der Waals surface area contributed by atoms with Gasteiger partial charge < -0.3 is 25.4 Å². The van der Waals surface area contributed by atoms with E-state index in [1.807, 2.05) is 42.5 Å². The van der Waals surface area contributed by atoms with Crippen LogP contribution >= 0.6 is 12.6 Å². The highest BCUT2D eigenvalue weighted by Gasteiger charge is 2.42. The number of anilines is 1. The summed E-state index contributed by atoms with van der Waals surface area (Å²) in [4.78, 5) is 42.0. The molecule has 39 heavy (non-hydrogen) atoms. The molecule has 1 aliphatic rings. The third-order valence-corrected chi connectivity index (χ3v) is 6.99. The number of carbonyl (C=O) groups is 3. The van der Waals surface area contributed by atoms with Gasteiger partial charge in [0, 0.05) is 17.5 Å². The molecule has 4 rings (SSSR count).